The van der Waals surface area contributed by atoms with Gasteiger partial charge in [0.15, 0.2) is 0 Å². The van der Waals surface area contributed by atoms with Gasteiger partial charge in [-0.25, -0.2) is 0 Å². The summed E-state index contributed by atoms with van der Waals surface area (Å²) in [6.07, 6.45) is 9.38. The van der Waals surface area contributed by atoms with Gasteiger partial charge in [-0.2, -0.15) is 0 Å². The summed E-state index contributed by atoms with van der Waals surface area (Å²) in [5.74, 6) is -0.147. The van der Waals surface area contributed by atoms with E-state index in [2.05, 4.69) is 32.9 Å². The predicted molar refractivity (Wildman–Crippen MR) is 89.9 cm³/mol. The Bertz CT molecular complexity index is 413. The first-order chi connectivity index (χ1) is 9.73. The van der Waals surface area contributed by atoms with Crippen LogP contribution in [0.3, 0.4) is 0 Å². The van der Waals surface area contributed by atoms with Gasteiger partial charge in [-0.15, -0.1) is 0 Å². The number of carbonyl (C=O) groups is 1. The van der Waals surface area contributed by atoms with Crippen LogP contribution in [0.25, 0.3) is 0 Å². The summed E-state index contributed by atoms with van der Waals surface area (Å²) in [5, 5.41) is 9.34. The van der Waals surface area contributed by atoms with Gasteiger partial charge in [-0.05, 0) is 60.3 Å². The Labute approximate surface area is 130 Å². The number of hydrogen-bond acceptors (Lipinski definition) is 2. The van der Waals surface area contributed by atoms with Crippen LogP contribution in [0.5, 0.6) is 0 Å². The molecule has 0 radical (unpaired) electrons. The smallest absolute Gasteiger partial charge is 0.248 e. The highest BCUT2D eigenvalue weighted by Crippen LogP contribution is 2.11. The van der Waals surface area contributed by atoms with Crippen molar-refractivity contribution in [1.82, 2.24) is 4.90 Å². The maximum absolute atomic E-state index is 11.8. The van der Waals surface area contributed by atoms with Crippen LogP contribution in [0.4, 0.5) is 0 Å². The van der Waals surface area contributed by atoms with E-state index in [4.69, 9.17) is 0 Å². The van der Waals surface area contributed by atoms with Crippen LogP contribution in [-0.4, -0.2) is 29.2 Å². The van der Waals surface area contributed by atoms with Crippen molar-refractivity contribution in [2.75, 3.05) is 7.05 Å². The van der Waals surface area contributed by atoms with E-state index in [1.54, 1.807) is 20.0 Å². The van der Waals surface area contributed by atoms with Crippen molar-refractivity contribution in [3.05, 3.63) is 34.9 Å². The summed E-state index contributed by atoms with van der Waals surface area (Å²) in [4.78, 5) is 13.1. The molecule has 0 aromatic carbocycles. The molecule has 0 spiro atoms. The lowest BCUT2D eigenvalue weighted by Gasteiger charge is -2.18. The van der Waals surface area contributed by atoms with Crippen molar-refractivity contribution in [1.29, 1.82) is 0 Å². The maximum atomic E-state index is 11.8. The molecule has 1 unspecified atom stereocenters. The van der Waals surface area contributed by atoms with Crippen LogP contribution in [-0.2, 0) is 4.79 Å². The Morgan fingerprint density at radius 2 is 1.57 bits per heavy atom. The summed E-state index contributed by atoms with van der Waals surface area (Å²) < 4.78 is 0. The summed E-state index contributed by atoms with van der Waals surface area (Å²) >= 11 is 0. The van der Waals surface area contributed by atoms with Gasteiger partial charge in [0.2, 0.25) is 5.91 Å². The molecular weight excluding hydrogens is 262 g/mol. The topological polar surface area (TPSA) is 40.5 Å². The van der Waals surface area contributed by atoms with Gasteiger partial charge in [-0.3, -0.25) is 4.79 Å². The highest BCUT2D eigenvalue weighted by atomic mass is 16.3. The Morgan fingerprint density at radius 1 is 1.05 bits per heavy atom. The molecule has 0 aliphatic heterocycles. The van der Waals surface area contributed by atoms with Crippen LogP contribution in [0.1, 0.15) is 60.3 Å². The lowest BCUT2D eigenvalue weighted by atomic mass is 10.1. The fourth-order valence-electron chi connectivity index (χ4n) is 1.81. The molecule has 0 aliphatic rings. The fraction of sp³-hybridized carbons (Fsp3) is 0.611. The molecule has 0 fully saturated rings. The fourth-order valence-corrected chi connectivity index (χ4v) is 1.81. The first-order valence-corrected chi connectivity index (χ1v) is 7.65. The minimum Gasteiger partial charge on any atom is -0.374 e. The van der Waals surface area contributed by atoms with Crippen LogP contribution in [0, 0.1) is 0 Å². The average Bonchev–Trinajstić information content (AvgIpc) is 2.36. The molecule has 1 N–H and O–H groups in total. The van der Waals surface area contributed by atoms with Crippen molar-refractivity contribution >= 4 is 5.91 Å². The molecular formula is C18H31NO2. The monoisotopic (exact) mass is 293 g/mol. The highest BCUT2D eigenvalue weighted by Gasteiger charge is 2.10. The van der Waals surface area contributed by atoms with Crippen LogP contribution < -0.4 is 0 Å². The molecule has 0 rings (SSSR count). The minimum absolute atomic E-state index is 0.147. The second-order valence-electron chi connectivity index (χ2n) is 5.98. The quantitative estimate of drug-likeness (QED) is 0.414. The Morgan fingerprint density at radius 3 is 2.10 bits per heavy atom. The molecule has 1 atom stereocenters. The number of aliphatic hydroxyl groups excluding tert-OH is 1. The number of nitrogens with zero attached hydrogens (tertiary/aromatic N) is 1. The number of likely N-dealkylation sites (N-methyl/N-ethyl adjacent to an activating group) is 1. The van der Waals surface area contributed by atoms with E-state index in [9.17, 15) is 9.90 Å². The molecule has 0 saturated carbocycles. The van der Waals surface area contributed by atoms with E-state index in [1.165, 1.54) is 16.0 Å². The van der Waals surface area contributed by atoms with Gasteiger partial charge in [-0.1, -0.05) is 28.9 Å². The Balaban J connectivity index is 4.21. The number of hydrogen-bond donors (Lipinski definition) is 1. The number of amides is 1. The third kappa shape index (κ3) is 10.1. The lowest BCUT2D eigenvalue weighted by Crippen LogP contribution is -2.33. The summed E-state index contributed by atoms with van der Waals surface area (Å²) in [7, 11) is 1.60. The number of carbonyl (C=O) groups excluding carboxylic acids is 1. The minimum atomic E-state index is -0.751. The third-order valence-corrected chi connectivity index (χ3v) is 3.40. The predicted octanol–water partition coefficient (Wildman–Crippen LogP) is 4.20. The second-order valence-corrected chi connectivity index (χ2v) is 5.98. The van der Waals surface area contributed by atoms with E-state index in [1.807, 2.05) is 6.92 Å². The van der Waals surface area contributed by atoms with Gasteiger partial charge in [0, 0.05) is 13.1 Å². The molecule has 3 heteroatoms. The van der Waals surface area contributed by atoms with Gasteiger partial charge in [0.05, 0.1) is 0 Å². The molecule has 120 valence electrons. The van der Waals surface area contributed by atoms with Crippen molar-refractivity contribution in [2.24, 2.45) is 0 Å². The second kappa shape index (κ2) is 10.4. The molecule has 0 aromatic heterocycles. The van der Waals surface area contributed by atoms with Crippen molar-refractivity contribution in [3.8, 4) is 0 Å². The molecule has 0 bridgehead atoms. The summed E-state index contributed by atoms with van der Waals surface area (Å²) in [6, 6.07) is 0. The maximum Gasteiger partial charge on any atom is 0.248 e. The number of aliphatic hydroxyl groups is 1. The molecule has 0 saturated heterocycles. The number of rotatable bonds is 8. The van der Waals surface area contributed by atoms with Crippen molar-refractivity contribution in [3.63, 3.8) is 0 Å². The normalized spacial score (nSPS) is 13.9. The van der Waals surface area contributed by atoms with E-state index in [0.717, 1.165) is 31.3 Å². The SMILES string of the molecule is CC(C)=CCCC(C)=CCCC(C)=CC(=O)N(C)C(C)O. The first-order valence-electron chi connectivity index (χ1n) is 7.65. The van der Waals surface area contributed by atoms with E-state index in [-0.39, 0.29) is 5.91 Å². The summed E-state index contributed by atoms with van der Waals surface area (Å²) in [6.45, 7) is 9.94. The van der Waals surface area contributed by atoms with Crippen LogP contribution in [0.2, 0.25) is 0 Å². The van der Waals surface area contributed by atoms with Crippen LogP contribution >= 0.6 is 0 Å². The third-order valence-electron chi connectivity index (χ3n) is 3.40. The molecule has 1 amide bonds. The van der Waals surface area contributed by atoms with E-state index < -0.39 is 6.23 Å². The standard InChI is InChI=1S/C18H31NO2/c1-14(2)9-7-10-15(3)11-8-12-16(4)13-18(21)19(6)17(5)20/h9,11,13,17,20H,7-8,10,12H2,1-6H3. The highest BCUT2D eigenvalue weighted by molar-refractivity contribution is 5.88. The Kier molecular flexibility index (Phi) is 9.72. The molecule has 3 nitrogen and oxygen atoms in total. The Hall–Kier alpha value is -1.35. The van der Waals surface area contributed by atoms with Crippen LogP contribution in [0.15, 0.2) is 34.9 Å². The molecule has 21 heavy (non-hydrogen) atoms. The van der Waals surface area contributed by atoms with E-state index >= 15 is 0 Å². The zero-order valence-corrected chi connectivity index (χ0v) is 14.4. The van der Waals surface area contributed by atoms with Gasteiger partial charge in [0.25, 0.3) is 0 Å². The van der Waals surface area contributed by atoms with E-state index in [0.29, 0.717) is 0 Å². The largest absolute Gasteiger partial charge is 0.374 e. The lowest BCUT2D eigenvalue weighted by molar-refractivity contribution is -0.132. The van der Waals surface area contributed by atoms with Crippen molar-refractivity contribution < 1.29 is 9.90 Å². The summed E-state index contributed by atoms with van der Waals surface area (Å²) in [5.41, 5.74) is 3.80. The molecule has 0 heterocycles. The van der Waals surface area contributed by atoms with Gasteiger partial charge >= 0.3 is 0 Å². The zero-order chi connectivity index (χ0) is 16.4. The average molecular weight is 293 g/mol. The van der Waals surface area contributed by atoms with Crippen molar-refractivity contribution in [2.45, 2.75) is 66.5 Å². The van der Waals surface area contributed by atoms with Gasteiger partial charge < -0.3 is 10.0 Å². The number of allylic oxidation sites excluding steroid dienone is 5. The first kappa shape index (κ1) is 19.7. The molecule has 0 aromatic rings. The molecule has 0 aliphatic carbocycles. The zero-order valence-electron chi connectivity index (χ0n) is 14.4. The van der Waals surface area contributed by atoms with Gasteiger partial charge in [0.1, 0.15) is 6.23 Å².